The van der Waals surface area contributed by atoms with Crippen molar-refractivity contribution in [1.29, 1.82) is 0 Å². The Bertz CT molecular complexity index is 981. The highest BCUT2D eigenvalue weighted by atomic mass is 32.1. The molecule has 1 aromatic carbocycles. The summed E-state index contributed by atoms with van der Waals surface area (Å²) in [5, 5.41) is 5.62. The molecule has 1 aliphatic rings. The molecule has 0 saturated carbocycles. The van der Waals surface area contributed by atoms with Crippen LogP contribution in [0.4, 0.5) is 5.69 Å². The van der Waals surface area contributed by atoms with Crippen molar-refractivity contribution >= 4 is 28.9 Å². The van der Waals surface area contributed by atoms with Gasteiger partial charge in [0.25, 0.3) is 5.89 Å². The molecule has 7 nitrogen and oxygen atoms in total. The van der Waals surface area contributed by atoms with Gasteiger partial charge in [0.2, 0.25) is 5.91 Å². The fourth-order valence-electron chi connectivity index (χ4n) is 3.38. The van der Waals surface area contributed by atoms with Gasteiger partial charge in [-0.25, -0.2) is 0 Å². The fraction of sp³-hybridized carbons (Fsp3) is 0.300. The lowest BCUT2D eigenvalue weighted by molar-refractivity contribution is -0.151. The van der Waals surface area contributed by atoms with E-state index in [9.17, 15) is 9.59 Å². The molecule has 1 amide bonds. The number of rotatable bonds is 5. The van der Waals surface area contributed by atoms with E-state index in [-0.39, 0.29) is 24.8 Å². The van der Waals surface area contributed by atoms with Crippen molar-refractivity contribution in [3.63, 3.8) is 0 Å². The Hall–Kier alpha value is -3.00. The quantitative estimate of drug-likeness (QED) is 0.612. The molecule has 2 atom stereocenters. The molecular weight excluding hydrogens is 378 g/mol. The molecule has 3 aromatic rings. The van der Waals surface area contributed by atoms with Gasteiger partial charge in [-0.05, 0) is 37.4 Å². The lowest BCUT2D eigenvalue weighted by Crippen LogP contribution is -2.30. The minimum absolute atomic E-state index is 0.0954. The Balaban J connectivity index is 1.60. The smallest absolute Gasteiger partial charge is 0.312 e. The minimum atomic E-state index is -0.600. The van der Waals surface area contributed by atoms with E-state index >= 15 is 0 Å². The molecule has 1 aliphatic heterocycles. The Morgan fingerprint density at radius 1 is 1.29 bits per heavy atom. The van der Waals surface area contributed by atoms with Crippen LogP contribution in [-0.4, -0.2) is 22.0 Å². The normalized spacial score (nSPS) is 19.2. The second kappa shape index (κ2) is 7.55. The Labute approximate surface area is 165 Å². The zero-order valence-electron chi connectivity index (χ0n) is 15.5. The maximum Gasteiger partial charge on any atom is 0.312 e. The van der Waals surface area contributed by atoms with Gasteiger partial charge in [0.1, 0.15) is 0 Å². The van der Waals surface area contributed by atoms with Gasteiger partial charge >= 0.3 is 5.97 Å². The number of hydrogen-bond acceptors (Lipinski definition) is 7. The van der Waals surface area contributed by atoms with Gasteiger partial charge in [0.15, 0.2) is 12.4 Å². The molecule has 144 valence electrons. The molecule has 1 saturated heterocycles. The number of benzene rings is 1. The third-order valence-electron chi connectivity index (χ3n) is 4.68. The number of hydrogen-bond donors (Lipinski definition) is 0. The van der Waals surface area contributed by atoms with Gasteiger partial charge in [-0.2, -0.15) is 4.98 Å². The summed E-state index contributed by atoms with van der Waals surface area (Å²) < 4.78 is 10.4. The fourth-order valence-corrected chi connectivity index (χ4v) is 4.26. The highest BCUT2D eigenvalue weighted by molar-refractivity contribution is 7.10. The van der Waals surface area contributed by atoms with Gasteiger partial charge in [-0.1, -0.05) is 28.9 Å². The molecule has 0 aliphatic carbocycles. The van der Waals surface area contributed by atoms with Crippen LogP contribution >= 0.6 is 11.3 Å². The first-order valence-corrected chi connectivity index (χ1v) is 9.79. The summed E-state index contributed by atoms with van der Waals surface area (Å²) in [4.78, 5) is 32.3. The molecule has 28 heavy (non-hydrogen) atoms. The summed E-state index contributed by atoms with van der Waals surface area (Å²) in [6, 6.07) is 11.2. The Kier molecular flexibility index (Phi) is 4.95. The topological polar surface area (TPSA) is 85.5 Å². The predicted molar refractivity (Wildman–Crippen MR) is 103 cm³/mol. The summed E-state index contributed by atoms with van der Waals surface area (Å²) in [7, 11) is 0. The van der Waals surface area contributed by atoms with Crippen molar-refractivity contribution < 1.29 is 18.8 Å². The molecule has 0 N–H and O–H groups in total. The molecule has 0 spiro atoms. The SMILES string of the molecule is Cc1ccc(N2C(=O)C[C@@H](C(=O)OCc3nc(C)no3)[C@@H]2c2cccs2)cc1. The maximum absolute atomic E-state index is 12.8. The zero-order chi connectivity index (χ0) is 19.7. The second-order valence-corrected chi connectivity index (χ2v) is 7.69. The second-order valence-electron chi connectivity index (χ2n) is 6.71. The predicted octanol–water partition coefficient (Wildman–Crippen LogP) is 3.59. The molecular formula is C20H19N3O4S. The number of thiophene rings is 1. The zero-order valence-corrected chi connectivity index (χ0v) is 16.3. The van der Waals surface area contributed by atoms with Crippen LogP contribution in [0.15, 0.2) is 46.3 Å². The van der Waals surface area contributed by atoms with Crippen LogP contribution in [0.2, 0.25) is 0 Å². The molecule has 4 rings (SSSR count). The highest BCUT2D eigenvalue weighted by Crippen LogP contribution is 2.43. The number of amides is 1. The number of nitrogens with zero attached hydrogens (tertiary/aromatic N) is 3. The van der Waals surface area contributed by atoms with E-state index in [0.717, 1.165) is 16.1 Å². The summed E-state index contributed by atoms with van der Waals surface area (Å²) in [6.45, 7) is 3.58. The van der Waals surface area contributed by atoms with Crippen molar-refractivity contribution in [1.82, 2.24) is 10.1 Å². The summed E-state index contributed by atoms with van der Waals surface area (Å²) in [6.07, 6.45) is 0.0954. The first kappa shape index (κ1) is 18.4. The van der Waals surface area contributed by atoms with Crippen molar-refractivity contribution in [3.8, 4) is 0 Å². The minimum Gasteiger partial charge on any atom is -0.455 e. The van der Waals surface area contributed by atoms with E-state index in [1.54, 1.807) is 11.8 Å². The molecule has 1 fully saturated rings. The lowest BCUT2D eigenvalue weighted by atomic mass is 9.99. The first-order valence-electron chi connectivity index (χ1n) is 8.91. The molecule has 0 unspecified atom stereocenters. The maximum atomic E-state index is 12.8. The van der Waals surface area contributed by atoms with Gasteiger partial charge in [0, 0.05) is 17.0 Å². The average Bonchev–Trinajstić information content (AvgIpc) is 3.40. The van der Waals surface area contributed by atoms with E-state index in [4.69, 9.17) is 9.26 Å². The van der Waals surface area contributed by atoms with Crippen LogP contribution < -0.4 is 4.90 Å². The number of aryl methyl sites for hydroxylation is 2. The van der Waals surface area contributed by atoms with Crippen molar-refractivity contribution in [2.45, 2.75) is 32.9 Å². The third-order valence-corrected chi connectivity index (χ3v) is 5.62. The van der Waals surface area contributed by atoms with Gasteiger partial charge in [-0.3, -0.25) is 9.59 Å². The van der Waals surface area contributed by atoms with Gasteiger partial charge in [0.05, 0.1) is 12.0 Å². The van der Waals surface area contributed by atoms with Crippen molar-refractivity contribution in [2.24, 2.45) is 5.92 Å². The van der Waals surface area contributed by atoms with E-state index < -0.39 is 17.9 Å². The molecule has 3 heterocycles. The molecule has 8 heteroatoms. The van der Waals surface area contributed by atoms with Crippen LogP contribution in [0.25, 0.3) is 0 Å². The Morgan fingerprint density at radius 2 is 2.07 bits per heavy atom. The number of esters is 1. The van der Waals surface area contributed by atoms with Crippen LogP contribution in [0.5, 0.6) is 0 Å². The third kappa shape index (κ3) is 3.55. The first-order chi connectivity index (χ1) is 13.5. The van der Waals surface area contributed by atoms with Crippen LogP contribution in [0, 0.1) is 19.8 Å². The number of carbonyl (C=O) groups excluding carboxylic acids is 2. The number of anilines is 1. The summed E-state index contributed by atoms with van der Waals surface area (Å²) in [5.74, 6) is -0.436. The van der Waals surface area contributed by atoms with E-state index in [2.05, 4.69) is 10.1 Å². The van der Waals surface area contributed by atoms with E-state index in [1.807, 2.05) is 48.7 Å². The summed E-state index contributed by atoms with van der Waals surface area (Å²) >= 11 is 1.52. The highest BCUT2D eigenvalue weighted by Gasteiger charge is 2.46. The average molecular weight is 397 g/mol. The lowest BCUT2D eigenvalue weighted by Gasteiger charge is -2.27. The van der Waals surface area contributed by atoms with Crippen molar-refractivity contribution in [2.75, 3.05) is 4.90 Å². The van der Waals surface area contributed by atoms with E-state index in [1.165, 1.54) is 11.3 Å². The molecule has 0 radical (unpaired) electrons. The summed E-state index contributed by atoms with van der Waals surface area (Å²) in [5.41, 5.74) is 1.88. The van der Waals surface area contributed by atoms with Crippen LogP contribution in [0.1, 0.15) is 34.6 Å². The largest absolute Gasteiger partial charge is 0.455 e. The van der Waals surface area contributed by atoms with E-state index in [0.29, 0.717) is 5.82 Å². The van der Waals surface area contributed by atoms with Gasteiger partial charge < -0.3 is 14.2 Å². The number of carbonyl (C=O) groups is 2. The van der Waals surface area contributed by atoms with Crippen LogP contribution in [0.3, 0.4) is 0 Å². The van der Waals surface area contributed by atoms with Crippen molar-refractivity contribution in [3.05, 3.63) is 63.9 Å². The van der Waals surface area contributed by atoms with Gasteiger partial charge in [-0.15, -0.1) is 11.3 Å². The standard InChI is InChI=1S/C20H19N3O4S/c1-12-5-7-14(8-6-12)23-18(24)10-15(19(23)16-4-3-9-28-16)20(25)26-11-17-21-13(2)22-27-17/h3-9,15,19H,10-11H2,1-2H3/t15-,19-/m1/s1. The number of ether oxygens (including phenoxy) is 1. The number of aromatic nitrogens is 2. The monoisotopic (exact) mass is 397 g/mol. The molecule has 0 bridgehead atoms. The van der Waals surface area contributed by atoms with Crippen LogP contribution in [-0.2, 0) is 20.9 Å². The Morgan fingerprint density at radius 3 is 2.71 bits per heavy atom. The molecule has 2 aromatic heterocycles.